The highest BCUT2D eigenvalue weighted by Gasteiger charge is 2.19. The topological polar surface area (TPSA) is 101 Å². The Kier molecular flexibility index (Phi) is 3.56. The molecule has 0 aliphatic heterocycles. The van der Waals surface area contributed by atoms with Crippen LogP contribution < -0.4 is 10.9 Å². The van der Waals surface area contributed by atoms with Gasteiger partial charge in [0, 0.05) is 6.54 Å². The van der Waals surface area contributed by atoms with E-state index >= 15 is 0 Å². The molecule has 0 saturated heterocycles. The summed E-state index contributed by atoms with van der Waals surface area (Å²) in [4.78, 5) is 27.4. The smallest absolute Gasteiger partial charge is 0.360 e. The molecule has 0 radical (unpaired) electrons. The first-order valence-electron chi connectivity index (χ1n) is 5.59. The SMILES string of the molecule is Cc1ccc(CNc2nc[nH]c(=O)c2[N+](=O)[O-])cc1. The Labute approximate surface area is 108 Å². The number of anilines is 1. The van der Waals surface area contributed by atoms with Gasteiger partial charge in [0.25, 0.3) is 0 Å². The third-order valence-corrected chi connectivity index (χ3v) is 2.59. The van der Waals surface area contributed by atoms with E-state index in [1.165, 1.54) is 0 Å². The van der Waals surface area contributed by atoms with Crippen LogP contribution in [-0.4, -0.2) is 14.9 Å². The van der Waals surface area contributed by atoms with Crippen LogP contribution in [0.3, 0.4) is 0 Å². The van der Waals surface area contributed by atoms with Crippen molar-refractivity contribution in [1.29, 1.82) is 0 Å². The fraction of sp³-hybridized carbons (Fsp3) is 0.167. The van der Waals surface area contributed by atoms with Crippen molar-refractivity contribution >= 4 is 11.5 Å². The zero-order valence-electron chi connectivity index (χ0n) is 10.2. The van der Waals surface area contributed by atoms with Gasteiger partial charge in [-0.15, -0.1) is 0 Å². The van der Waals surface area contributed by atoms with Crippen molar-refractivity contribution in [3.8, 4) is 0 Å². The molecular formula is C12H12N4O3. The van der Waals surface area contributed by atoms with E-state index in [0.29, 0.717) is 6.54 Å². The molecule has 0 aliphatic rings. The molecule has 1 aromatic heterocycles. The van der Waals surface area contributed by atoms with Gasteiger partial charge in [0.05, 0.1) is 11.3 Å². The minimum Gasteiger partial charge on any atom is -0.360 e. The van der Waals surface area contributed by atoms with E-state index in [-0.39, 0.29) is 5.82 Å². The molecule has 2 rings (SSSR count). The summed E-state index contributed by atoms with van der Waals surface area (Å²) in [6.45, 7) is 2.33. The summed E-state index contributed by atoms with van der Waals surface area (Å²) in [7, 11) is 0. The molecule has 0 saturated carbocycles. The van der Waals surface area contributed by atoms with Crippen LogP contribution in [0.2, 0.25) is 0 Å². The van der Waals surface area contributed by atoms with Gasteiger partial charge in [-0.25, -0.2) is 4.98 Å². The van der Waals surface area contributed by atoms with Gasteiger partial charge in [0.15, 0.2) is 0 Å². The number of H-pyrrole nitrogens is 1. The summed E-state index contributed by atoms with van der Waals surface area (Å²) in [6, 6.07) is 7.69. The molecule has 2 N–H and O–H groups in total. The number of nitrogens with zero attached hydrogens (tertiary/aromatic N) is 2. The highest BCUT2D eigenvalue weighted by atomic mass is 16.6. The van der Waals surface area contributed by atoms with Crippen LogP contribution in [0.1, 0.15) is 11.1 Å². The van der Waals surface area contributed by atoms with Crippen LogP contribution in [0.4, 0.5) is 11.5 Å². The number of hydrogen-bond acceptors (Lipinski definition) is 5. The Morgan fingerprint density at radius 2 is 2.05 bits per heavy atom. The van der Waals surface area contributed by atoms with Crippen molar-refractivity contribution in [2.24, 2.45) is 0 Å². The predicted molar refractivity (Wildman–Crippen MR) is 70.0 cm³/mol. The second-order valence-electron chi connectivity index (χ2n) is 4.03. The second kappa shape index (κ2) is 5.30. The van der Waals surface area contributed by atoms with E-state index in [1.54, 1.807) is 0 Å². The number of rotatable bonds is 4. The van der Waals surface area contributed by atoms with Gasteiger partial charge in [-0.3, -0.25) is 14.9 Å². The summed E-state index contributed by atoms with van der Waals surface area (Å²) in [5.41, 5.74) is 0.729. The van der Waals surface area contributed by atoms with Gasteiger partial charge in [0.2, 0.25) is 5.82 Å². The van der Waals surface area contributed by atoms with E-state index in [1.807, 2.05) is 31.2 Å². The van der Waals surface area contributed by atoms with Gasteiger partial charge >= 0.3 is 11.2 Å². The highest BCUT2D eigenvalue weighted by Crippen LogP contribution is 2.16. The third-order valence-electron chi connectivity index (χ3n) is 2.59. The van der Waals surface area contributed by atoms with E-state index in [2.05, 4.69) is 15.3 Å². The Hall–Kier alpha value is -2.70. The number of hydrogen-bond donors (Lipinski definition) is 2. The lowest BCUT2D eigenvalue weighted by Crippen LogP contribution is -2.16. The fourth-order valence-electron chi connectivity index (χ4n) is 1.58. The second-order valence-corrected chi connectivity index (χ2v) is 4.03. The molecule has 98 valence electrons. The standard InChI is InChI=1S/C12H12N4O3/c1-8-2-4-9(5-3-8)6-13-11-10(16(18)19)12(17)15-7-14-11/h2-5,7H,6H2,1H3,(H2,13,14,15,17). The van der Waals surface area contributed by atoms with Gasteiger partial charge in [0.1, 0.15) is 0 Å². The molecule has 0 bridgehead atoms. The lowest BCUT2D eigenvalue weighted by molar-refractivity contribution is -0.385. The first-order valence-corrected chi connectivity index (χ1v) is 5.59. The van der Waals surface area contributed by atoms with Crippen LogP contribution >= 0.6 is 0 Å². The van der Waals surface area contributed by atoms with E-state index in [4.69, 9.17) is 0 Å². The molecule has 2 aromatic rings. The molecule has 0 amide bonds. The highest BCUT2D eigenvalue weighted by molar-refractivity contribution is 5.53. The van der Waals surface area contributed by atoms with Crippen molar-refractivity contribution in [2.45, 2.75) is 13.5 Å². The maximum Gasteiger partial charge on any atom is 0.375 e. The molecule has 1 heterocycles. The van der Waals surface area contributed by atoms with Crippen molar-refractivity contribution in [3.63, 3.8) is 0 Å². The summed E-state index contributed by atoms with van der Waals surface area (Å²) in [5.74, 6) is -0.0330. The Morgan fingerprint density at radius 3 is 2.68 bits per heavy atom. The molecule has 0 aliphatic carbocycles. The molecule has 0 atom stereocenters. The fourth-order valence-corrected chi connectivity index (χ4v) is 1.58. The molecule has 0 fully saturated rings. The first kappa shape index (κ1) is 12.7. The van der Waals surface area contributed by atoms with Gasteiger partial charge in [-0.1, -0.05) is 29.8 Å². The summed E-state index contributed by atoms with van der Waals surface area (Å²) in [5, 5.41) is 13.6. The Bertz CT molecular complexity index is 649. The van der Waals surface area contributed by atoms with E-state index in [0.717, 1.165) is 17.5 Å². The number of nitro groups is 1. The number of nitrogens with one attached hydrogen (secondary N) is 2. The van der Waals surface area contributed by atoms with Crippen molar-refractivity contribution in [2.75, 3.05) is 5.32 Å². The first-order chi connectivity index (χ1) is 9.08. The van der Waals surface area contributed by atoms with Gasteiger partial charge in [-0.05, 0) is 12.5 Å². The average molecular weight is 260 g/mol. The summed E-state index contributed by atoms with van der Waals surface area (Å²) >= 11 is 0. The number of aryl methyl sites for hydroxylation is 1. The Morgan fingerprint density at radius 1 is 1.37 bits per heavy atom. The molecule has 7 nitrogen and oxygen atoms in total. The average Bonchev–Trinajstić information content (AvgIpc) is 2.37. The Balaban J connectivity index is 2.20. The third kappa shape index (κ3) is 2.95. The lowest BCUT2D eigenvalue weighted by atomic mass is 10.1. The zero-order chi connectivity index (χ0) is 13.8. The maximum atomic E-state index is 11.4. The number of aromatic amines is 1. The normalized spacial score (nSPS) is 10.2. The zero-order valence-corrected chi connectivity index (χ0v) is 10.2. The molecule has 1 aromatic carbocycles. The summed E-state index contributed by atoms with van der Waals surface area (Å²) in [6.07, 6.45) is 1.13. The minimum absolute atomic E-state index is 0.0330. The van der Waals surface area contributed by atoms with Crippen LogP contribution in [0.25, 0.3) is 0 Å². The molecule has 0 unspecified atom stereocenters. The molecule has 7 heteroatoms. The largest absolute Gasteiger partial charge is 0.375 e. The minimum atomic E-state index is -0.772. The van der Waals surface area contributed by atoms with Crippen LogP contribution in [0, 0.1) is 17.0 Å². The molecular weight excluding hydrogens is 248 g/mol. The monoisotopic (exact) mass is 260 g/mol. The van der Waals surface area contributed by atoms with Crippen LogP contribution in [-0.2, 0) is 6.54 Å². The van der Waals surface area contributed by atoms with Crippen molar-refractivity contribution in [1.82, 2.24) is 9.97 Å². The quantitative estimate of drug-likeness (QED) is 0.642. The summed E-state index contributed by atoms with van der Waals surface area (Å²) < 4.78 is 0. The van der Waals surface area contributed by atoms with E-state index in [9.17, 15) is 14.9 Å². The van der Waals surface area contributed by atoms with Gasteiger partial charge < -0.3 is 10.3 Å². The van der Waals surface area contributed by atoms with Crippen molar-refractivity contribution < 1.29 is 4.92 Å². The maximum absolute atomic E-state index is 11.4. The molecule has 0 spiro atoms. The van der Waals surface area contributed by atoms with Crippen LogP contribution in [0.5, 0.6) is 0 Å². The number of aromatic nitrogens is 2. The number of benzene rings is 1. The van der Waals surface area contributed by atoms with E-state index < -0.39 is 16.2 Å². The molecule has 19 heavy (non-hydrogen) atoms. The van der Waals surface area contributed by atoms with Gasteiger partial charge in [-0.2, -0.15) is 0 Å². The van der Waals surface area contributed by atoms with Crippen LogP contribution in [0.15, 0.2) is 35.4 Å². The lowest BCUT2D eigenvalue weighted by Gasteiger charge is -2.05. The predicted octanol–water partition coefficient (Wildman–Crippen LogP) is 1.60. The van der Waals surface area contributed by atoms with Crippen molar-refractivity contribution in [3.05, 3.63) is 62.2 Å².